The summed E-state index contributed by atoms with van der Waals surface area (Å²) in [6, 6.07) is 4.71. The van der Waals surface area contributed by atoms with Crippen molar-refractivity contribution >= 4 is 28.5 Å². The number of aryl methyl sites for hydroxylation is 2. The van der Waals surface area contributed by atoms with E-state index in [0.29, 0.717) is 29.3 Å². The van der Waals surface area contributed by atoms with Crippen LogP contribution in [0.2, 0.25) is 5.02 Å². The fourth-order valence-corrected chi connectivity index (χ4v) is 3.10. The number of benzene rings is 1. The van der Waals surface area contributed by atoms with Crippen LogP contribution in [0, 0.1) is 0 Å². The van der Waals surface area contributed by atoms with Gasteiger partial charge in [-0.2, -0.15) is 0 Å². The lowest BCUT2D eigenvalue weighted by Crippen LogP contribution is -2.37. The zero-order valence-corrected chi connectivity index (χ0v) is 16.5. The van der Waals surface area contributed by atoms with Crippen molar-refractivity contribution in [2.45, 2.75) is 39.3 Å². The number of aromatic nitrogens is 2. The molecule has 1 N–H and O–H groups in total. The highest BCUT2D eigenvalue weighted by atomic mass is 35.5. The van der Waals surface area contributed by atoms with Gasteiger partial charge in [0.25, 0.3) is 5.91 Å². The number of imidazole rings is 1. The number of nitrogens with one attached hydrogen (secondary N) is 1. The van der Waals surface area contributed by atoms with Crippen LogP contribution in [0.25, 0.3) is 11.0 Å². The molecule has 0 radical (unpaired) electrons. The van der Waals surface area contributed by atoms with Crippen molar-refractivity contribution in [3.8, 4) is 5.75 Å². The Morgan fingerprint density at radius 2 is 2.21 bits per heavy atom. The van der Waals surface area contributed by atoms with Crippen molar-refractivity contribution in [3.63, 3.8) is 0 Å². The Morgan fingerprint density at radius 3 is 2.93 bits per heavy atom. The maximum atomic E-state index is 12.3. The van der Waals surface area contributed by atoms with E-state index >= 15 is 0 Å². The summed E-state index contributed by atoms with van der Waals surface area (Å²) in [5.74, 6) is 0.0530. The minimum Gasteiger partial charge on any atom is -0.479 e. The largest absolute Gasteiger partial charge is 0.479 e. The van der Waals surface area contributed by atoms with Crippen molar-refractivity contribution < 1.29 is 13.9 Å². The Hall–Kier alpha value is -2.80. The maximum absolute atomic E-state index is 12.3. The van der Waals surface area contributed by atoms with Gasteiger partial charge >= 0.3 is 5.63 Å². The lowest BCUT2D eigenvalue weighted by Gasteiger charge is -2.16. The number of hydrogen-bond donors (Lipinski definition) is 1. The van der Waals surface area contributed by atoms with Crippen LogP contribution >= 0.6 is 11.6 Å². The number of carbonyl (C=O) groups is 1. The van der Waals surface area contributed by atoms with Crippen molar-refractivity contribution in [1.82, 2.24) is 14.9 Å². The predicted molar refractivity (Wildman–Crippen MR) is 107 cm³/mol. The number of halogens is 1. The summed E-state index contributed by atoms with van der Waals surface area (Å²) in [5.41, 5.74) is 0.807. The Kier molecular flexibility index (Phi) is 6.36. The van der Waals surface area contributed by atoms with Gasteiger partial charge in [-0.15, -0.1) is 0 Å². The molecule has 0 bridgehead atoms. The van der Waals surface area contributed by atoms with Crippen LogP contribution in [0.4, 0.5) is 0 Å². The quantitative estimate of drug-likeness (QED) is 0.461. The average Bonchev–Trinajstić information content (AvgIpc) is 3.18. The summed E-state index contributed by atoms with van der Waals surface area (Å²) >= 11 is 6.32. The molecular formula is C20H22ClN3O4. The van der Waals surface area contributed by atoms with Crippen LogP contribution < -0.4 is 15.7 Å². The molecule has 0 spiro atoms. The minimum absolute atomic E-state index is 0.245. The van der Waals surface area contributed by atoms with Gasteiger partial charge in [-0.3, -0.25) is 4.79 Å². The first-order chi connectivity index (χ1) is 13.5. The van der Waals surface area contributed by atoms with E-state index in [4.69, 9.17) is 20.8 Å². The fourth-order valence-electron chi connectivity index (χ4n) is 2.89. The van der Waals surface area contributed by atoms with Crippen LogP contribution in [0.5, 0.6) is 5.75 Å². The second-order valence-electron chi connectivity index (χ2n) is 6.43. The summed E-state index contributed by atoms with van der Waals surface area (Å²) in [6.07, 6.45) is 6.03. The summed E-state index contributed by atoms with van der Waals surface area (Å²) < 4.78 is 12.9. The molecule has 1 aromatic carbocycles. The molecule has 8 heteroatoms. The molecule has 0 aliphatic heterocycles. The highest BCUT2D eigenvalue weighted by Gasteiger charge is 2.17. The zero-order valence-electron chi connectivity index (χ0n) is 15.8. The number of rotatable bonds is 8. The first-order valence-electron chi connectivity index (χ1n) is 9.14. The second-order valence-corrected chi connectivity index (χ2v) is 6.84. The van der Waals surface area contributed by atoms with E-state index in [0.717, 1.165) is 23.9 Å². The standard InChI is InChI=1S/C20H22ClN3O4/c1-3-14-9-19(25)28-17-11-18(16(21)10-15(14)17)27-13(2)20(26)23-5-4-7-24-8-6-22-12-24/h6,8-13H,3-5,7H2,1-2H3,(H,23,26)/t13-/m1/s1. The van der Waals surface area contributed by atoms with E-state index in [1.165, 1.54) is 6.07 Å². The van der Waals surface area contributed by atoms with Gasteiger partial charge in [0, 0.05) is 43.0 Å². The van der Waals surface area contributed by atoms with Gasteiger partial charge in [0.1, 0.15) is 11.3 Å². The average molecular weight is 404 g/mol. The molecule has 2 aromatic heterocycles. The fraction of sp³-hybridized carbons (Fsp3) is 0.350. The normalized spacial score (nSPS) is 12.1. The minimum atomic E-state index is -0.746. The van der Waals surface area contributed by atoms with Gasteiger partial charge in [0.15, 0.2) is 6.10 Å². The molecule has 3 aromatic rings. The molecule has 0 aliphatic rings. The molecule has 3 rings (SSSR count). The summed E-state index contributed by atoms with van der Waals surface area (Å²) in [7, 11) is 0. The number of hydrogen-bond acceptors (Lipinski definition) is 5. The van der Waals surface area contributed by atoms with Crippen LogP contribution in [0.3, 0.4) is 0 Å². The van der Waals surface area contributed by atoms with E-state index in [1.807, 2.05) is 17.7 Å². The van der Waals surface area contributed by atoms with Gasteiger partial charge in [-0.25, -0.2) is 9.78 Å². The SMILES string of the molecule is CCc1cc(=O)oc2cc(O[C@H](C)C(=O)NCCCn3ccnc3)c(Cl)cc12. The highest BCUT2D eigenvalue weighted by Crippen LogP contribution is 2.32. The molecule has 2 heterocycles. The summed E-state index contributed by atoms with van der Waals surface area (Å²) in [6.45, 7) is 4.88. The van der Waals surface area contributed by atoms with Gasteiger partial charge in [-0.1, -0.05) is 18.5 Å². The lowest BCUT2D eigenvalue weighted by molar-refractivity contribution is -0.127. The molecule has 1 atom stereocenters. The third-order valence-electron chi connectivity index (χ3n) is 4.39. The zero-order chi connectivity index (χ0) is 20.1. The first-order valence-corrected chi connectivity index (χ1v) is 9.52. The third kappa shape index (κ3) is 4.72. The smallest absolute Gasteiger partial charge is 0.336 e. The van der Waals surface area contributed by atoms with Crippen molar-refractivity contribution in [1.29, 1.82) is 0 Å². The summed E-state index contributed by atoms with van der Waals surface area (Å²) in [4.78, 5) is 28.0. The number of ether oxygens (including phenoxy) is 1. The van der Waals surface area contributed by atoms with Crippen molar-refractivity contribution in [3.05, 3.63) is 57.9 Å². The van der Waals surface area contributed by atoms with Gasteiger partial charge in [-0.05, 0) is 31.4 Å². The molecule has 0 fully saturated rings. The third-order valence-corrected chi connectivity index (χ3v) is 4.68. The van der Waals surface area contributed by atoms with Crippen LogP contribution in [0.15, 0.2) is 46.1 Å². The first kappa shape index (κ1) is 19.9. The van der Waals surface area contributed by atoms with Gasteiger partial charge in [0.05, 0.1) is 11.3 Å². The van der Waals surface area contributed by atoms with Crippen molar-refractivity contribution in [2.75, 3.05) is 6.54 Å². The summed E-state index contributed by atoms with van der Waals surface area (Å²) in [5, 5.41) is 3.95. The van der Waals surface area contributed by atoms with E-state index < -0.39 is 11.7 Å². The van der Waals surface area contributed by atoms with Crippen LogP contribution in [-0.2, 0) is 17.8 Å². The number of amides is 1. The van der Waals surface area contributed by atoms with E-state index in [1.54, 1.807) is 31.6 Å². The van der Waals surface area contributed by atoms with Crippen LogP contribution in [0.1, 0.15) is 25.8 Å². The Morgan fingerprint density at radius 1 is 1.39 bits per heavy atom. The lowest BCUT2D eigenvalue weighted by atomic mass is 10.1. The molecule has 1 amide bonds. The van der Waals surface area contributed by atoms with Crippen LogP contribution in [-0.4, -0.2) is 28.1 Å². The monoisotopic (exact) mass is 403 g/mol. The highest BCUT2D eigenvalue weighted by molar-refractivity contribution is 6.32. The number of carbonyl (C=O) groups excluding carboxylic acids is 1. The van der Waals surface area contributed by atoms with Crippen molar-refractivity contribution in [2.24, 2.45) is 0 Å². The topological polar surface area (TPSA) is 86.4 Å². The Labute approximate surface area is 167 Å². The Bertz CT molecular complexity index is 1010. The second kappa shape index (κ2) is 8.93. The molecular weight excluding hydrogens is 382 g/mol. The van der Waals surface area contributed by atoms with E-state index in [2.05, 4.69) is 10.3 Å². The van der Waals surface area contributed by atoms with Gasteiger partial charge in [0.2, 0.25) is 0 Å². The molecule has 0 saturated carbocycles. The predicted octanol–water partition coefficient (Wildman–Crippen LogP) is 3.18. The number of nitrogens with zero attached hydrogens (tertiary/aromatic N) is 2. The molecule has 0 unspecified atom stereocenters. The molecule has 28 heavy (non-hydrogen) atoms. The number of fused-ring (bicyclic) bond motifs is 1. The Balaban J connectivity index is 1.63. The molecule has 0 aliphatic carbocycles. The van der Waals surface area contributed by atoms with Gasteiger partial charge < -0.3 is 19.0 Å². The molecule has 0 saturated heterocycles. The van der Waals surface area contributed by atoms with E-state index in [9.17, 15) is 9.59 Å². The maximum Gasteiger partial charge on any atom is 0.336 e. The molecule has 148 valence electrons. The van der Waals surface area contributed by atoms with E-state index in [-0.39, 0.29) is 5.91 Å². The molecule has 7 nitrogen and oxygen atoms in total.